The topological polar surface area (TPSA) is 55.8 Å². The summed E-state index contributed by atoms with van der Waals surface area (Å²) in [5.41, 5.74) is 1.55. The van der Waals surface area contributed by atoms with Gasteiger partial charge in [-0.2, -0.15) is 0 Å². The summed E-state index contributed by atoms with van der Waals surface area (Å²) in [7, 11) is 1.61. The third-order valence-electron chi connectivity index (χ3n) is 5.25. The van der Waals surface area contributed by atoms with Crippen molar-refractivity contribution >= 4 is 5.78 Å². The molecule has 0 aromatic heterocycles. The summed E-state index contributed by atoms with van der Waals surface area (Å²) in [6.07, 6.45) is 0.898. The number of aryl methyl sites for hydroxylation is 1. The van der Waals surface area contributed by atoms with E-state index in [1.165, 1.54) is 0 Å². The summed E-state index contributed by atoms with van der Waals surface area (Å²) in [4.78, 5) is 12.7. The lowest BCUT2D eigenvalue weighted by atomic mass is 9.74. The van der Waals surface area contributed by atoms with E-state index in [2.05, 4.69) is 0 Å². The largest absolute Gasteiger partial charge is 0.497 e. The molecule has 4 rings (SSSR count). The molecule has 0 saturated heterocycles. The zero-order valence-corrected chi connectivity index (χ0v) is 15.7. The number of rotatable bonds is 5. The van der Waals surface area contributed by atoms with E-state index in [9.17, 15) is 9.90 Å². The van der Waals surface area contributed by atoms with Crippen LogP contribution in [0.25, 0.3) is 0 Å². The zero-order chi connectivity index (χ0) is 19.6. The van der Waals surface area contributed by atoms with Crippen LogP contribution in [0.15, 0.2) is 72.8 Å². The highest BCUT2D eigenvalue weighted by molar-refractivity contribution is 5.94. The fourth-order valence-electron chi connectivity index (χ4n) is 3.69. The third-order valence-corrected chi connectivity index (χ3v) is 5.25. The maximum atomic E-state index is 12.7. The number of carbonyl (C=O) groups is 1. The van der Waals surface area contributed by atoms with E-state index in [0.29, 0.717) is 36.3 Å². The molecule has 1 aliphatic carbocycles. The quantitative estimate of drug-likeness (QED) is 0.733. The van der Waals surface area contributed by atoms with Gasteiger partial charge >= 0.3 is 0 Å². The van der Waals surface area contributed by atoms with E-state index >= 15 is 0 Å². The Bertz CT molecular complexity index is 979. The summed E-state index contributed by atoms with van der Waals surface area (Å²) in [5.74, 6) is 1.22. The smallest absolute Gasteiger partial charge is 0.173 e. The van der Waals surface area contributed by atoms with Crippen LogP contribution in [0, 0.1) is 0 Å². The van der Waals surface area contributed by atoms with Gasteiger partial charge in [0.2, 0.25) is 0 Å². The van der Waals surface area contributed by atoms with E-state index < -0.39 is 5.60 Å². The maximum absolute atomic E-state index is 12.7. The Hall–Kier alpha value is -3.11. The number of Topliss-reactive ketones (excluding diaryl/α,β-unsaturated/α-hetero) is 1. The molecule has 0 saturated carbocycles. The first kappa shape index (κ1) is 18.3. The van der Waals surface area contributed by atoms with Gasteiger partial charge in [0.15, 0.2) is 11.4 Å². The van der Waals surface area contributed by atoms with E-state index in [4.69, 9.17) is 9.47 Å². The van der Waals surface area contributed by atoms with E-state index in [1.54, 1.807) is 43.5 Å². The minimum Gasteiger partial charge on any atom is -0.497 e. The molecule has 1 unspecified atom stereocenters. The fraction of sp³-hybridized carbons (Fsp3) is 0.208. The Morgan fingerprint density at radius 3 is 2.36 bits per heavy atom. The van der Waals surface area contributed by atoms with Crippen LogP contribution in [0.3, 0.4) is 0 Å². The molecular formula is C24H22O4. The number of benzene rings is 3. The van der Waals surface area contributed by atoms with Crippen molar-refractivity contribution in [2.24, 2.45) is 0 Å². The van der Waals surface area contributed by atoms with Gasteiger partial charge in [-0.1, -0.05) is 48.5 Å². The third kappa shape index (κ3) is 3.27. The second kappa shape index (κ2) is 7.49. The van der Waals surface area contributed by atoms with Crippen LogP contribution in [0.1, 0.15) is 28.7 Å². The molecule has 0 heterocycles. The summed E-state index contributed by atoms with van der Waals surface area (Å²) in [6, 6.07) is 22.5. The first-order valence-corrected chi connectivity index (χ1v) is 9.31. The Morgan fingerprint density at radius 2 is 1.64 bits per heavy atom. The predicted octanol–water partition coefficient (Wildman–Crippen LogP) is 4.03. The Labute approximate surface area is 164 Å². The minimum absolute atomic E-state index is 0.192. The lowest BCUT2D eigenvalue weighted by molar-refractivity contribution is -0.135. The first-order chi connectivity index (χ1) is 13.6. The van der Waals surface area contributed by atoms with Crippen molar-refractivity contribution in [2.45, 2.75) is 25.0 Å². The normalized spacial score (nSPS) is 18.4. The fourth-order valence-corrected chi connectivity index (χ4v) is 3.69. The standard InChI is InChI=1S/C24H22O4/c1-27-21-12-13-22-18(15-21)7-14-23(25)24(22,26)19-8-10-20(11-9-19)28-16-17-5-3-2-4-6-17/h2-6,8-13,15,26H,7,14,16H2,1H3. The molecule has 28 heavy (non-hydrogen) atoms. The Balaban J connectivity index is 1.60. The van der Waals surface area contributed by atoms with Gasteiger partial charge in [-0.15, -0.1) is 0 Å². The number of aliphatic hydroxyl groups is 1. The Morgan fingerprint density at radius 1 is 0.929 bits per heavy atom. The van der Waals surface area contributed by atoms with Crippen molar-refractivity contribution < 1.29 is 19.4 Å². The highest BCUT2D eigenvalue weighted by Gasteiger charge is 2.43. The van der Waals surface area contributed by atoms with E-state index in [1.807, 2.05) is 36.4 Å². The second-order valence-corrected chi connectivity index (χ2v) is 6.96. The predicted molar refractivity (Wildman–Crippen MR) is 107 cm³/mol. The lowest BCUT2D eigenvalue weighted by Crippen LogP contribution is -2.41. The Kier molecular flexibility index (Phi) is 4.88. The molecule has 4 nitrogen and oxygen atoms in total. The molecule has 0 spiro atoms. The number of ether oxygens (including phenoxy) is 2. The monoisotopic (exact) mass is 374 g/mol. The van der Waals surface area contributed by atoms with Crippen molar-refractivity contribution in [3.05, 3.63) is 95.1 Å². The molecule has 1 N–H and O–H groups in total. The van der Waals surface area contributed by atoms with Gasteiger partial charge in [-0.3, -0.25) is 4.79 Å². The first-order valence-electron chi connectivity index (χ1n) is 9.31. The number of carbonyl (C=O) groups excluding carboxylic acids is 1. The zero-order valence-electron chi connectivity index (χ0n) is 15.7. The summed E-state index contributed by atoms with van der Waals surface area (Å²) < 4.78 is 11.1. The van der Waals surface area contributed by atoms with Crippen LogP contribution in [0.4, 0.5) is 0 Å². The molecule has 142 valence electrons. The van der Waals surface area contributed by atoms with Gasteiger partial charge in [-0.25, -0.2) is 0 Å². The summed E-state index contributed by atoms with van der Waals surface area (Å²) in [6.45, 7) is 0.464. The van der Waals surface area contributed by atoms with Crippen LogP contribution < -0.4 is 9.47 Å². The average molecular weight is 374 g/mol. The van der Waals surface area contributed by atoms with Crippen LogP contribution in [0.2, 0.25) is 0 Å². The van der Waals surface area contributed by atoms with Crippen LogP contribution in [0.5, 0.6) is 11.5 Å². The molecule has 1 atom stereocenters. The van der Waals surface area contributed by atoms with Gasteiger partial charge in [0.1, 0.15) is 18.1 Å². The number of hydrogen-bond donors (Lipinski definition) is 1. The number of hydrogen-bond acceptors (Lipinski definition) is 4. The molecule has 3 aromatic rings. The molecule has 0 aliphatic heterocycles. The van der Waals surface area contributed by atoms with Crippen LogP contribution >= 0.6 is 0 Å². The number of ketones is 1. The van der Waals surface area contributed by atoms with Gasteiger partial charge in [0.05, 0.1) is 7.11 Å². The molecular weight excluding hydrogens is 352 g/mol. The van der Waals surface area contributed by atoms with Crippen molar-refractivity contribution in [1.29, 1.82) is 0 Å². The maximum Gasteiger partial charge on any atom is 0.173 e. The highest BCUT2D eigenvalue weighted by atomic mass is 16.5. The molecule has 0 fully saturated rings. The molecule has 0 bridgehead atoms. The molecule has 0 radical (unpaired) electrons. The van der Waals surface area contributed by atoms with Crippen molar-refractivity contribution in [1.82, 2.24) is 0 Å². The molecule has 1 aliphatic rings. The SMILES string of the molecule is COc1ccc2c(c1)CCC(=O)C2(O)c1ccc(OCc2ccccc2)cc1. The summed E-state index contributed by atoms with van der Waals surface area (Å²) in [5, 5.41) is 11.4. The van der Waals surface area contributed by atoms with Gasteiger partial charge < -0.3 is 14.6 Å². The van der Waals surface area contributed by atoms with Crippen LogP contribution in [-0.4, -0.2) is 18.0 Å². The van der Waals surface area contributed by atoms with Crippen molar-refractivity contribution in [3.63, 3.8) is 0 Å². The van der Waals surface area contributed by atoms with Crippen molar-refractivity contribution in [3.8, 4) is 11.5 Å². The average Bonchev–Trinajstić information content (AvgIpc) is 2.75. The van der Waals surface area contributed by atoms with E-state index in [0.717, 1.165) is 16.9 Å². The molecule has 3 aromatic carbocycles. The second-order valence-electron chi connectivity index (χ2n) is 6.96. The number of fused-ring (bicyclic) bond motifs is 1. The van der Waals surface area contributed by atoms with Crippen LogP contribution in [-0.2, 0) is 23.4 Å². The van der Waals surface area contributed by atoms with Gasteiger partial charge in [0.25, 0.3) is 0 Å². The van der Waals surface area contributed by atoms with Gasteiger partial charge in [-0.05, 0) is 52.9 Å². The summed E-state index contributed by atoms with van der Waals surface area (Å²) >= 11 is 0. The number of methoxy groups -OCH3 is 1. The van der Waals surface area contributed by atoms with Gasteiger partial charge in [0, 0.05) is 6.42 Å². The molecule has 4 heteroatoms. The lowest BCUT2D eigenvalue weighted by Gasteiger charge is -2.33. The van der Waals surface area contributed by atoms with E-state index in [-0.39, 0.29) is 5.78 Å². The minimum atomic E-state index is -1.64. The highest BCUT2D eigenvalue weighted by Crippen LogP contribution is 2.40. The molecule has 0 amide bonds. The van der Waals surface area contributed by atoms with Crippen molar-refractivity contribution in [2.75, 3.05) is 7.11 Å².